The number of carbonyl (C=O) groups is 1. The standard InChI is InChI=1S/C15H20N4O/c1-4-9-16-14-12-8-6-5-7-11(12)13(10-17-14)15(20)18-19(2)3/h5-8,10H,4,9H2,1-3H3,(H,16,17)(H,18,20). The van der Waals surface area contributed by atoms with Crippen LogP contribution >= 0.6 is 0 Å². The second-order valence-corrected chi connectivity index (χ2v) is 4.83. The van der Waals surface area contributed by atoms with Crippen molar-refractivity contribution >= 4 is 22.5 Å². The van der Waals surface area contributed by atoms with Gasteiger partial charge in [-0.25, -0.2) is 9.99 Å². The van der Waals surface area contributed by atoms with Gasteiger partial charge in [-0.3, -0.25) is 10.2 Å². The number of nitrogens with zero attached hydrogens (tertiary/aromatic N) is 2. The summed E-state index contributed by atoms with van der Waals surface area (Å²) in [6, 6.07) is 7.80. The summed E-state index contributed by atoms with van der Waals surface area (Å²) in [6.07, 6.45) is 2.65. The normalized spacial score (nSPS) is 10.8. The number of fused-ring (bicyclic) bond motifs is 1. The molecule has 1 aromatic carbocycles. The molecule has 0 bridgehead atoms. The number of benzene rings is 1. The fraction of sp³-hybridized carbons (Fsp3) is 0.333. The molecular weight excluding hydrogens is 252 g/mol. The highest BCUT2D eigenvalue weighted by atomic mass is 16.2. The first-order valence-electron chi connectivity index (χ1n) is 6.73. The molecule has 1 heterocycles. The van der Waals surface area contributed by atoms with Gasteiger partial charge in [0.1, 0.15) is 5.82 Å². The van der Waals surface area contributed by atoms with E-state index in [0.29, 0.717) is 5.56 Å². The largest absolute Gasteiger partial charge is 0.370 e. The molecule has 5 nitrogen and oxygen atoms in total. The number of hydrazine groups is 1. The van der Waals surface area contributed by atoms with E-state index >= 15 is 0 Å². The third-order valence-electron chi connectivity index (χ3n) is 2.91. The lowest BCUT2D eigenvalue weighted by atomic mass is 10.1. The van der Waals surface area contributed by atoms with Crippen molar-refractivity contribution in [3.63, 3.8) is 0 Å². The van der Waals surface area contributed by atoms with Gasteiger partial charge in [0.2, 0.25) is 0 Å². The summed E-state index contributed by atoms with van der Waals surface area (Å²) in [5.41, 5.74) is 3.33. The molecule has 1 aromatic heterocycles. The van der Waals surface area contributed by atoms with E-state index in [1.807, 2.05) is 24.3 Å². The van der Waals surface area contributed by atoms with E-state index in [9.17, 15) is 4.79 Å². The number of aromatic nitrogens is 1. The zero-order chi connectivity index (χ0) is 14.5. The minimum Gasteiger partial charge on any atom is -0.370 e. The summed E-state index contributed by atoms with van der Waals surface area (Å²) >= 11 is 0. The van der Waals surface area contributed by atoms with Crippen LogP contribution in [-0.2, 0) is 0 Å². The second kappa shape index (κ2) is 6.34. The fourth-order valence-electron chi connectivity index (χ4n) is 2.02. The van der Waals surface area contributed by atoms with Crippen LogP contribution in [0.4, 0.5) is 5.82 Å². The van der Waals surface area contributed by atoms with Gasteiger partial charge in [-0.1, -0.05) is 31.2 Å². The molecule has 5 heteroatoms. The van der Waals surface area contributed by atoms with Crippen molar-refractivity contribution in [3.05, 3.63) is 36.0 Å². The summed E-state index contributed by atoms with van der Waals surface area (Å²) in [5, 5.41) is 6.78. The Labute approximate surface area is 119 Å². The number of rotatable bonds is 5. The lowest BCUT2D eigenvalue weighted by molar-refractivity contribution is 0.0858. The molecule has 106 valence electrons. The van der Waals surface area contributed by atoms with Crippen LogP contribution < -0.4 is 10.7 Å². The van der Waals surface area contributed by atoms with Gasteiger partial charge in [0.15, 0.2) is 0 Å². The molecule has 2 rings (SSSR count). The van der Waals surface area contributed by atoms with Crippen LogP contribution in [0.5, 0.6) is 0 Å². The molecule has 0 radical (unpaired) electrons. The molecule has 20 heavy (non-hydrogen) atoms. The Morgan fingerprint density at radius 3 is 2.60 bits per heavy atom. The van der Waals surface area contributed by atoms with Crippen LogP contribution in [0.15, 0.2) is 30.5 Å². The van der Waals surface area contributed by atoms with E-state index in [1.54, 1.807) is 25.3 Å². The van der Waals surface area contributed by atoms with Crippen molar-refractivity contribution in [2.75, 3.05) is 26.0 Å². The Morgan fingerprint density at radius 1 is 1.25 bits per heavy atom. The molecule has 0 saturated carbocycles. The Morgan fingerprint density at radius 2 is 1.95 bits per heavy atom. The van der Waals surface area contributed by atoms with Crippen LogP contribution in [-0.4, -0.2) is 36.5 Å². The average molecular weight is 272 g/mol. The minimum absolute atomic E-state index is 0.152. The van der Waals surface area contributed by atoms with Crippen molar-refractivity contribution in [1.29, 1.82) is 0 Å². The highest BCUT2D eigenvalue weighted by molar-refractivity contribution is 6.09. The molecule has 1 amide bonds. The van der Waals surface area contributed by atoms with Gasteiger partial charge in [0.25, 0.3) is 5.91 Å². The topological polar surface area (TPSA) is 57.3 Å². The second-order valence-electron chi connectivity index (χ2n) is 4.83. The first-order chi connectivity index (χ1) is 9.63. The Balaban J connectivity index is 2.45. The first kappa shape index (κ1) is 14.3. The number of amides is 1. The number of carbonyl (C=O) groups excluding carboxylic acids is 1. The summed E-state index contributed by atoms with van der Waals surface area (Å²) in [7, 11) is 3.56. The third kappa shape index (κ3) is 3.05. The summed E-state index contributed by atoms with van der Waals surface area (Å²) < 4.78 is 0. The van der Waals surface area contributed by atoms with Gasteiger partial charge in [-0.15, -0.1) is 0 Å². The summed E-state index contributed by atoms with van der Waals surface area (Å²) in [4.78, 5) is 16.6. The minimum atomic E-state index is -0.152. The van der Waals surface area contributed by atoms with E-state index in [4.69, 9.17) is 0 Å². The molecule has 0 fully saturated rings. The lowest BCUT2D eigenvalue weighted by Gasteiger charge is -2.14. The molecule has 0 aliphatic rings. The Bertz CT molecular complexity index is 610. The number of nitrogens with one attached hydrogen (secondary N) is 2. The van der Waals surface area contributed by atoms with Crippen molar-refractivity contribution in [3.8, 4) is 0 Å². The highest BCUT2D eigenvalue weighted by Crippen LogP contribution is 2.24. The molecule has 0 aliphatic heterocycles. The maximum Gasteiger partial charge on any atom is 0.267 e. The number of hydrogen-bond acceptors (Lipinski definition) is 4. The molecule has 0 aliphatic carbocycles. The lowest BCUT2D eigenvalue weighted by Crippen LogP contribution is -2.36. The third-order valence-corrected chi connectivity index (χ3v) is 2.91. The van der Waals surface area contributed by atoms with Crippen molar-refractivity contribution in [1.82, 2.24) is 15.4 Å². The smallest absolute Gasteiger partial charge is 0.267 e. The van der Waals surface area contributed by atoms with E-state index in [-0.39, 0.29) is 5.91 Å². The maximum atomic E-state index is 12.2. The Hall–Kier alpha value is -2.14. The van der Waals surface area contributed by atoms with E-state index in [0.717, 1.165) is 29.6 Å². The molecule has 0 spiro atoms. The van der Waals surface area contributed by atoms with Gasteiger partial charge in [-0.2, -0.15) is 0 Å². The van der Waals surface area contributed by atoms with Crippen molar-refractivity contribution in [2.45, 2.75) is 13.3 Å². The van der Waals surface area contributed by atoms with Crippen LogP contribution in [0.1, 0.15) is 23.7 Å². The molecule has 2 N–H and O–H groups in total. The number of hydrogen-bond donors (Lipinski definition) is 2. The predicted molar refractivity (Wildman–Crippen MR) is 81.7 cm³/mol. The zero-order valence-electron chi connectivity index (χ0n) is 12.1. The summed E-state index contributed by atoms with van der Waals surface area (Å²) in [6.45, 7) is 2.97. The molecule has 0 atom stereocenters. The maximum absolute atomic E-state index is 12.2. The van der Waals surface area contributed by atoms with Crippen LogP contribution in [0.25, 0.3) is 10.8 Å². The summed E-state index contributed by atoms with van der Waals surface area (Å²) in [5.74, 6) is 0.671. The SMILES string of the molecule is CCCNc1ncc(C(=O)NN(C)C)c2ccccc12. The molecule has 0 saturated heterocycles. The van der Waals surface area contributed by atoms with Crippen LogP contribution in [0.2, 0.25) is 0 Å². The van der Waals surface area contributed by atoms with E-state index < -0.39 is 0 Å². The predicted octanol–water partition coefficient (Wildman–Crippen LogP) is 2.26. The molecule has 2 aromatic rings. The van der Waals surface area contributed by atoms with E-state index in [1.165, 1.54) is 0 Å². The van der Waals surface area contributed by atoms with E-state index in [2.05, 4.69) is 22.7 Å². The number of anilines is 1. The average Bonchev–Trinajstić information content (AvgIpc) is 2.43. The van der Waals surface area contributed by atoms with Crippen LogP contribution in [0.3, 0.4) is 0 Å². The Kier molecular flexibility index (Phi) is 4.53. The number of pyridine rings is 1. The zero-order valence-corrected chi connectivity index (χ0v) is 12.1. The van der Waals surface area contributed by atoms with Gasteiger partial charge in [-0.05, 0) is 11.8 Å². The van der Waals surface area contributed by atoms with Gasteiger partial charge < -0.3 is 5.32 Å². The van der Waals surface area contributed by atoms with Crippen LogP contribution in [0, 0.1) is 0 Å². The quantitative estimate of drug-likeness (QED) is 0.820. The van der Waals surface area contributed by atoms with Gasteiger partial charge >= 0.3 is 0 Å². The fourth-order valence-corrected chi connectivity index (χ4v) is 2.02. The highest BCUT2D eigenvalue weighted by Gasteiger charge is 2.13. The van der Waals surface area contributed by atoms with Crippen molar-refractivity contribution < 1.29 is 4.79 Å². The van der Waals surface area contributed by atoms with Gasteiger partial charge in [0.05, 0.1) is 5.56 Å². The van der Waals surface area contributed by atoms with Gasteiger partial charge in [0, 0.05) is 32.2 Å². The van der Waals surface area contributed by atoms with Crippen molar-refractivity contribution in [2.24, 2.45) is 0 Å². The molecule has 0 unspecified atom stereocenters. The molecular formula is C15H20N4O. The monoisotopic (exact) mass is 272 g/mol. The first-order valence-corrected chi connectivity index (χ1v) is 6.73.